The van der Waals surface area contributed by atoms with Gasteiger partial charge in [-0.05, 0) is 43.2 Å². The normalized spacial score (nSPS) is 20.1. The van der Waals surface area contributed by atoms with Crippen LogP contribution in [-0.4, -0.2) is 75.8 Å². The van der Waals surface area contributed by atoms with Crippen molar-refractivity contribution in [2.45, 2.75) is 19.4 Å². The summed E-state index contributed by atoms with van der Waals surface area (Å²) in [5.74, 6) is -2.29. The average Bonchev–Trinajstić information content (AvgIpc) is 3.42. The highest BCUT2D eigenvalue weighted by Crippen LogP contribution is 2.40. The van der Waals surface area contributed by atoms with Crippen LogP contribution >= 0.6 is 0 Å². The maximum absolute atomic E-state index is 14.2. The molecular formula is C28H29FN4O4. The Morgan fingerprint density at radius 1 is 1.08 bits per heavy atom. The molecule has 1 atom stereocenters. The highest BCUT2D eigenvalue weighted by Gasteiger charge is 2.46. The third-order valence-corrected chi connectivity index (χ3v) is 6.95. The van der Waals surface area contributed by atoms with Crippen LogP contribution < -0.4 is 0 Å². The van der Waals surface area contributed by atoms with Gasteiger partial charge in [0.05, 0.1) is 48.0 Å². The minimum absolute atomic E-state index is 0.0577. The second kappa shape index (κ2) is 10.7. The van der Waals surface area contributed by atoms with Crippen LogP contribution in [0, 0.1) is 12.7 Å². The molecule has 5 rings (SSSR count). The number of aromatic nitrogens is 2. The molecule has 8 nitrogen and oxygen atoms in total. The summed E-state index contributed by atoms with van der Waals surface area (Å²) in [6, 6.07) is 14.3. The molecule has 0 saturated carbocycles. The predicted octanol–water partition coefficient (Wildman–Crippen LogP) is 3.46. The lowest BCUT2D eigenvalue weighted by molar-refractivity contribution is -0.140. The van der Waals surface area contributed by atoms with Gasteiger partial charge in [0.2, 0.25) is 0 Å². The summed E-state index contributed by atoms with van der Waals surface area (Å²) in [4.78, 5) is 30.2. The number of amides is 1. The number of benzene rings is 2. The first-order valence-electron chi connectivity index (χ1n) is 12.4. The summed E-state index contributed by atoms with van der Waals surface area (Å²) in [7, 11) is 0. The van der Waals surface area contributed by atoms with Gasteiger partial charge in [-0.1, -0.05) is 30.3 Å². The molecule has 1 amide bonds. The Morgan fingerprint density at radius 3 is 2.57 bits per heavy atom. The van der Waals surface area contributed by atoms with Crippen molar-refractivity contribution >= 4 is 17.4 Å². The molecule has 2 aromatic carbocycles. The summed E-state index contributed by atoms with van der Waals surface area (Å²) < 4.78 is 21.3. The summed E-state index contributed by atoms with van der Waals surface area (Å²) in [6.45, 7) is 5.79. The first-order valence-corrected chi connectivity index (χ1v) is 12.4. The Bertz CT molecular complexity index is 1330. The second-order valence-corrected chi connectivity index (χ2v) is 9.25. The van der Waals surface area contributed by atoms with Crippen molar-refractivity contribution in [3.05, 3.63) is 89.0 Å². The maximum Gasteiger partial charge on any atom is 0.295 e. The molecule has 9 heteroatoms. The highest BCUT2D eigenvalue weighted by atomic mass is 19.1. The third-order valence-electron chi connectivity index (χ3n) is 6.95. The van der Waals surface area contributed by atoms with Crippen molar-refractivity contribution in [1.29, 1.82) is 0 Å². The molecule has 2 fully saturated rings. The number of rotatable bonds is 7. The van der Waals surface area contributed by atoms with E-state index in [-0.39, 0.29) is 11.3 Å². The largest absolute Gasteiger partial charge is 0.507 e. The van der Waals surface area contributed by atoms with Gasteiger partial charge in [0.1, 0.15) is 11.6 Å². The van der Waals surface area contributed by atoms with Crippen LogP contribution in [0.25, 0.3) is 11.4 Å². The Hall–Kier alpha value is -3.82. The van der Waals surface area contributed by atoms with Gasteiger partial charge in [-0.3, -0.25) is 14.5 Å². The summed E-state index contributed by atoms with van der Waals surface area (Å²) in [5.41, 5.74) is 2.12. The van der Waals surface area contributed by atoms with Gasteiger partial charge in [0.15, 0.2) is 0 Å². The molecule has 37 heavy (non-hydrogen) atoms. The number of halogens is 1. The second-order valence-electron chi connectivity index (χ2n) is 9.25. The number of ketones is 1. The van der Waals surface area contributed by atoms with E-state index < -0.39 is 23.5 Å². The SMILES string of the molecule is Cc1c(/C(O)=C2\C(=O)C(=O)N(CCCN3CCOCC3)[C@@H]2c2cccc(F)c2)cnn1-c1ccccc1. The molecule has 1 N–H and O–H groups in total. The number of aliphatic hydroxyl groups excluding tert-OH is 1. The van der Waals surface area contributed by atoms with E-state index in [1.807, 2.05) is 30.3 Å². The molecule has 0 aliphatic carbocycles. The number of hydrogen-bond acceptors (Lipinski definition) is 6. The van der Waals surface area contributed by atoms with Gasteiger partial charge >= 0.3 is 0 Å². The summed E-state index contributed by atoms with van der Waals surface area (Å²) in [6.07, 6.45) is 2.11. The molecule has 2 aliphatic heterocycles. The minimum Gasteiger partial charge on any atom is -0.507 e. The van der Waals surface area contributed by atoms with Crippen molar-refractivity contribution in [1.82, 2.24) is 19.6 Å². The fourth-order valence-corrected chi connectivity index (χ4v) is 5.04. The van der Waals surface area contributed by atoms with E-state index in [0.29, 0.717) is 43.0 Å². The maximum atomic E-state index is 14.2. The molecule has 3 heterocycles. The Labute approximate surface area is 214 Å². The Kier molecular flexibility index (Phi) is 7.16. The summed E-state index contributed by atoms with van der Waals surface area (Å²) in [5, 5.41) is 15.8. The van der Waals surface area contributed by atoms with Gasteiger partial charge < -0.3 is 14.7 Å². The van der Waals surface area contributed by atoms with Crippen LogP contribution in [0.15, 0.2) is 66.4 Å². The van der Waals surface area contributed by atoms with Gasteiger partial charge in [-0.25, -0.2) is 9.07 Å². The quantitative estimate of drug-likeness (QED) is 0.301. The number of morpholine rings is 1. The zero-order valence-corrected chi connectivity index (χ0v) is 20.6. The zero-order chi connectivity index (χ0) is 25.9. The number of nitrogens with zero attached hydrogens (tertiary/aromatic N) is 4. The van der Waals surface area contributed by atoms with Crippen LogP contribution in [0.2, 0.25) is 0 Å². The minimum atomic E-state index is -0.903. The fourth-order valence-electron chi connectivity index (χ4n) is 5.04. The Morgan fingerprint density at radius 2 is 1.84 bits per heavy atom. The van der Waals surface area contributed by atoms with Gasteiger partial charge in [0, 0.05) is 26.2 Å². The van der Waals surface area contributed by atoms with Crippen molar-refractivity contribution < 1.29 is 23.8 Å². The van der Waals surface area contributed by atoms with Crippen molar-refractivity contribution in [2.75, 3.05) is 39.4 Å². The van der Waals surface area contributed by atoms with Gasteiger partial charge in [-0.15, -0.1) is 0 Å². The number of carbonyl (C=O) groups is 2. The van der Waals surface area contributed by atoms with Crippen LogP contribution in [0.4, 0.5) is 4.39 Å². The molecule has 0 unspecified atom stereocenters. The van der Waals surface area contributed by atoms with E-state index >= 15 is 0 Å². The molecule has 192 valence electrons. The predicted molar refractivity (Wildman–Crippen MR) is 136 cm³/mol. The molecule has 0 radical (unpaired) electrons. The number of likely N-dealkylation sites (tertiary alicyclic amines) is 1. The molecule has 1 aromatic heterocycles. The molecular weight excluding hydrogens is 475 g/mol. The topological polar surface area (TPSA) is 87.9 Å². The van der Waals surface area contributed by atoms with Crippen LogP contribution in [0.3, 0.4) is 0 Å². The molecule has 3 aromatic rings. The molecule has 2 saturated heterocycles. The summed E-state index contributed by atoms with van der Waals surface area (Å²) >= 11 is 0. The van der Waals surface area contributed by atoms with Crippen LogP contribution in [-0.2, 0) is 14.3 Å². The van der Waals surface area contributed by atoms with Crippen molar-refractivity contribution in [3.63, 3.8) is 0 Å². The lowest BCUT2D eigenvalue weighted by atomic mass is 9.95. The first-order chi connectivity index (χ1) is 18.0. The van der Waals surface area contributed by atoms with Crippen molar-refractivity contribution in [3.8, 4) is 5.69 Å². The molecule has 0 bridgehead atoms. The van der Waals surface area contributed by atoms with Crippen LogP contribution in [0.5, 0.6) is 0 Å². The lowest BCUT2D eigenvalue weighted by Gasteiger charge is -2.29. The van der Waals surface area contributed by atoms with Gasteiger partial charge in [0.25, 0.3) is 11.7 Å². The third kappa shape index (κ3) is 4.92. The van der Waals surface area contributed by atoms with E-state index in [2.05, 4.69) is 10.00 Å². The van der Waals surface area contributed by atoms with Gasteiger partial charge in [-0.2, -0.15) is 5.10 Å². The number of para-hydroxylation sites is 1. The van der Waals surface area contributed by atoms with E-state index in [1.54, 1.807) is 17.7 Å². The van der Waals surface area contributed by atoms with E-state index in [9.17, 15) is 19.1 Å². The smallest absolute Gasteiger partial charge is 0.295 e. The van der Waals surface area contributed by atoms with E-state index in [4.69, 9.17) is 4.74 Å². The molecule has 0 spiro atoms. The number of ether oxygens (including phenoxy) is 1. The standard InChI is InChI=1S/C28H29FN4O4/c1-19-23(18-30-33(19)22-9-3-2-4-10-22)26(34)24-25(20-7-5-8-21(29)17-20)32(28(36)27(24)35)12-6-11-31-13-15-37-16-14-31/h2-5,7-10,17-18,25,34H,6,11-16H2,1H3/b26-24+/t25-/m1/s1. The number of Topliss-reactive ketones (excluding diaryl/α,β-unsaturated/α-hetero) is 1. The Balaban J connectivity index is 1.51. The highest BCUT2D eigenvalue weighted by molar-refractivity contribution is 6.46. The van der Waals surface area contributed by atoms with E-state index in [1.165, 1.54) is 29.3 Å². The zero-order valence-electron chi connectivity index (χ0n) is 20.6. The first kappa shape index (κ1) is 24.9. The van der Waals surface area contributed by atoms with Crippen LogP contribution in [0.1, 0.15) is 29.3 Å². The number of aliphatic hydroxyl groups is 1. The lowest BCUT2D eigenvalue weighted by Crippen LogP contribution is -2.39. The average molecular weight is 505 g/mol. The van der Waals surface area contributed by atoms with E-state index in [0.717, 1.165) is 25.3 Å². The fraction of sp³-hybridized carbons (Fsp3) is 0.321. The number of carbonyl (C=O) groups excluding carboxylic acids is 2. The number of hydrogen-bond donors (Lipinski definition) is 1. The monoisotopic (exact) mass is 504 g/mol. The van der Waals surface area contributed by atoms with Crippen molar-refractivity contribution in [2.24, 2.45) is 0 Å². The molecule has 2 aliphatic rings.